The van der Waals surface area contributed by atoms with E-state index in [-0.39, 0.29) is 5.97 Å². The minimum atomic E-state index is -0.364. The monoisotopic (exact) mass is 334 g/mol. The van der Waals surface area contributed by atoms with Gasteiger partial charge in [-0.15, -0.1) is 11.3 Å². The number of esters is 1. The molecule has 6 heteroatoms. The summed E-state index contributed by atoms with van der Waals surface area (Å²) in [7, 11) is 1.38. The Bertz CT molecular complexity index is 653. The average molecular weight is 334 g/mol. The third-order valence-electron chi connectivity index (χ3n) is 2.97. The molecule has 0 spiro atoms. The molecule has 0 atom stereocenters. The Kier molecular flexibility index (Phi) is 5.91. The van der Waals surface area contributed by atoms with E-state index in [0.29, 0.717) is 15.7 Å². The highest BCUT2D eigenvalue weighted by molar-refractivity contribution is 7.80. The zero-order chi connectivity index (χ0) is 15.9. The quantitative estimate of drug-likeness (QED) is 0.648. The second kappa shape index (κ2) is 7.91. The van der Waals surface area contributed by atoms with Gasteiger partial charge in [-0.2, -0.15) is 0 Å². The predicted octanol–water partition coefficient (Wildman–Crippen LogP) is 3.43. The molecule has 22 heavy (non-hydrogen) atoms. The van der Waals surface area contributed by atoms with Crippen molar-refractivity contribution in [3.05, 3.63) is 52.4 Å². The lowest BCUT2D eigenvalue weighted by atomic mass is 10.1. The number of ether oxygens (including phenoxy) is 1. The number of hydrogen-bond acceptors (Lipinski definition) is 4. The lowest BCUT2D eigenvalue weighted by molar-refractivity contribution is 0.0602. The fourth-order valence-electron chi connectivity index (χ4n) is 1.99. The number of hydrogen-bond donors (Lipinski definition) is 2. The maximum atomic E-state index is 11.9. The molecule has 0 bridgehead atoms. The molecular weight excluding hydrogens is 316 g/mol. The van der Waals surface area contributed by atoms with Gasteiger partial charge in [0.25, 0.3) is 0 Å². The van der Waals surface area contributed by atoms with Crippen molar-refractivity contribution in [1.29, 1.82) is 0 Å². The highest BCUT2D eigenvalue weighted by atomic mass is 32.1. The van der Waals surface area contributed by atoms with Gasteiger partial charge in [-0.05, 0) is 30.8 Å². The fourth-order valence-corrected chi connectivity index (χ4v) is 3.38. The van der Waals surface area contributed by atoms with E-state index in [2.05, 4.69) is 22.8 Å². The van der Waals surface area contributed by atoms with E-state index in [4.69, 9.17) is 17.0 Å². The van der Waals surface area contributed by atoms with Gasteiger partial charge in [0, 0.05) is 17.8 Å². The molecule has 0 aliphatic rings. The Hall–Kier alpha value is -1.92. The van der Waals surface area contributed by atoms with Crippen molar-refractivity contribution in [2.24, 2.45) is 0 Å². The van der Waals surface area contributed by atoms with Crippen LogP contribution in [0.2, 0.25) is 0 Å². The number of thiocarbonyl (C=S) groups is 1. The third-order valence-corrected chi connectivity index (χ3v) is 4.27. The van der Waals surface area contributed by atoms with Crippen molar-refractivity contribution in [2.75, 3.05) is 19.0 Å². The van der Waals surface area contributed by atoms with Crippen LogP contribution in [0, 0.1) is 0 Å². The molecule has 0 saturated heterocycles. The van der Waals surface area contributed by atoms with Gasteiger partial charge in [0.2, 0.25) is 0 Å². The Morgan fingerprint density at radius 3 is 2.68 bits per heavy atom. The van der Waals surface area contributed by atoms with Crippen molar-refractivity contribution in [2.45, 2.75) is 13.3 Å². The number of rotatable bonds is 5. The number of anilines is 1. The molecule has 116 valence electrons. The van der Waals surface area contributed by atoms with Crippen LogP contribution in [0.5, 0.6) is 0 Å². The number of methoxy groups -OCH3 is 1. The van der Waals surface area contributed by atoms with Gasteiger partial charge in [-0.1, -0.05) is 30.3 Å². The number of thiophene rings is 1. The third kappa shape index (κ3) is 4.29. The molecule has 0 aliphatic carbocycles. The van der Waals surface area contributed by atoms with E-state index in [1.165, 1.54) is 24.0 Å². The Morgan fingerprint density at radius 1 is 1.32 bits per heavy atom. The van der Waals surface area contributed by atoms with Crippen molar-refractivity contribution >= 4 is 39.6 Å². The van der Waals surface area contributed by atoms with Crippen molar-refractivity contribution in [3.8, 4) is 0 Å². The molecule has 1 aromatic carbocycles. The first-order valence-electron chi connectivity index (χ1n) is 6.93. The molecule has 1 heterocycles. The second-order valence-electron chi connectivity index (χ2n) is 4.59. The Morgan fingerprint density at radius 2 is 2.05 bits per heavy atom. The van der Waals surface area contributed by atoms with Gasteiger partial charge in [0.15, 0.2) is 5.11 Å². The van der Waals surface area contributed by atoms with Crippen molar-refractivity contribution < 1.29 is 9.53 Å². The molecule has 0 saturated carbocycles. The summed E-state index contributed by atoms with van der Waals surface area (Å²) in [6.45, 7) is 2.69. The van der Waals surface area contributed by atoms with Crippen molar-refractivity contribution in [1.82, 2.24) is 5.32 Å². The first-order valence-corrected chi connectivity index (χ1v) is 8.16. The van der Waals surface area contributed by atoms with Crippen LogP contribution < -0.4 is 10.6 Å². The predicted molar refractivity (Wildman–Crippen MR) is 94.8 cm³/mol. The van der Waals surface area contributed by atoms with Gasteiger partial charge in [-0.3, -0.25) is 0 Å². The van der Waals surface area contributed by atoms with Crippen LogP contribution in [-0.4, -0.2) is 24.7 Å². The second-order valence-corrected chi connectivity index (χ2v) is 6.14. The van der Waals surface area contributed by atoms with E-state index in [1.807, 2.05) is 31.2 Å². The standard InChI is InChI=1S/C16H18N2O2S2/c1-3-17-16(21)18-14-13(15(19)20-2)10-12(22-14)9-11-7-5-4-6-8-11/h4-8,10H,3,9H2,1-2H3,(H2,17,18,21). The number of nitrogens with one attached hydrogen (secondary N) is 2. The van der Waals surface area contributed by atoms with E-state index in [1.54, 1.807) is 0 Å². The van der Waals surface area contributed by atoms with Crippen molar-refractivity contribution in [3.63, 3.8) is 0 Å². The van der Waals surface area contributed by atoms with Crippen LogP contribution in [0.25, 0.3) is 0 Å². The lowest BCUT2D eigenvalue weighted by Crippen LogP contribution is -2.28. The van der Waals surface area contributed by atoms with E-state index in [9.17, 15) is 4.79 Å². The summed E-state index contributed by atoms with van der Waals surface area (Å²) in [6.07, 6.45) is 0.769. The molecule has 2 N–H and O–H groups in total. The van der Waals surface area contributed by atoms with Crippen LogP contribution in [0.3, 0.4) is 0 Å². The van der Waals surface area contributed by atoms with Crippen LogP contribution in [-0.2, 0) is 11.2 Å². The molecule has 0 aliphatic heterocycles. The molecule has 0 amide bonds. The van der Waals surface area contributed by atoms with Crippen LogP contribution in [0.15, 0.2) is 36.4 Å². The Labute approximate surface area is 139 Å². The summed E-state index contributed by atoms with van der Waals surface area (Å²) in [6, 6.07) is 12.0. The van der Waals surface area contributed by atoms with Gasteiger partial charge in [0.05, 0.1) is 12.7 Å². The number of carbonyl (C=O) groups excluding carboxylic acids is 1. The van der Waals surface area contributed by atoms with E-state index in [0.717, 1.165) is 17.8 Å². The van der Waals surface area contributed by atoms with E-state index < -0.39 is 0 Å². The minimum absolute atomic E-state index is 0.364. The van der Waals surface area contributed by atoms with Gasteiger partial charge < -0.3 is 15.4 Å². The summed E-state index contributed by atoms with van der Waals surface area (Å²) in [5.74, 6) is -0.364. The van der Waals surface area contributed by atoms with Gasteiger partial charge in [-0.25, -0.2) is 4.79 Å². The lowest BCUT2D eigenvalue weighted by Gasteiger charge is -2.08. The summed E-state index contributed by atoms with van der Waals surface area (Å²) >= 11 is 6.70. The largest absolute Gasteiger partial charge is 0.465 e. The normalized spacial score (nSPS) is 10.1. The van der Waals surface area contributed by atoms with Gasteiger partial charge >= 0.3 is 5.97 Å². The molecule has 2 rings (SSSR count). The molecule has 1 aromatic heterocycles. The first-order chi connectivity index (χ1) is 10.6. The van der Waals surface area contributed by atoms with Crippen LogP contribution >= 0.6 is 23.6 Å². The highest BCUT2D eigenvalue weighted by Gasteiger charge is 2.17. The summed E-state index contributed by atoms with van der Waals surface area (Å²) < 4.78 is 4.85. The zero-order valence-corrected chi connectivity index (χ0v) is 14.1. The maximum absolute atomic E-state index is 11.9. The first kappa shape index (κ1) is 16.5. The minimum Gasteiger partial charge on any atom is -0.465 e. The molecule has 0 radical (unpaired) electrons. The number of carbonyl (C=O) groups is 1. The Balaban J connectivity index is 2.23. The highest BCUT2D eigenvalue weighted by Crippen LogP contribution is 2.30. The van der Waals surface area contributed by atoms with E-state index >= 15 is 0 Å². The summed E-state index contributed by atoms with van der Waals surface area (Å²) in [5.41, 5.74) is 1.71. The molecular formula is C16H18N2O2S2. The zero-order valence-electron chi connectivity index (χ0n) is 12.5. The maximum Gasteiger partial charge on any atom is 0.340 e. The number of benzene rings is 1. The van der Waals surface area contributed by atoms with Gasteiger partial charge in [0.1, 0.15) is 5.00 Å². The fraction of sp³-hybridized carbons (Fsp3) is 0.250. The van der Waals surface area contributed by atoms with Crippen LogP contribution in [0.1, 0.15) is 27.7 Å². The SMILES string of the molecule is CCNC(=S)Nc1sc(Cc2ccccc2)cc1C(=O)OC. The molecule has 0 fully saturated rings. The smallest absolute Gasteiger partial charge is 0.340 e. The molecule has 0 unspecified atom stereocenters. The summed E-state index contributed by atoms with van der Waals surface area (Å²) in [5, 5.41) is 7.30. The average Bonchev–Trinajstić information content (AvgIpc) is 2.90. The van der Waals surface area contributed by atoms with Crippen LogP contribution in [0.4, 0.5) is 5.00 Å². The molecule has 2 aromatic rings. The summed E-state index contributed by atoms with van der Waals surface area (Å²) in [4.78, 5) is 13.0. The topological polar surface area (TPSA) is 50.4 Å². The molecule has 4 nitrogen and oxygen atoms in total.